The molecule has 4 fully saturated rings. The molecule has 4 bridgehead atoms. The van der Waals surface area contributed by atoms with Crippen molar-refractivity contribution in [1.82, 2.24) is 19.9 Å². The van der Waals surface area contributed by atoms with Gasteiger partial charge in [0, 0.05) is 68.0 Å². The lowest BCUT2D eigenvalue weighted by Gasteiger charge is -2.57. The summed E-state index contributed by atoms with van der Waals surface area (Å²) in [5, 5.41) is 5.13. The standard InChI is InChI=1S/C48H48N4/c1-45(2)35-29-13-9-17-49-39(29)40-30(14-10-18-50-40)36(35)46(3,4)43(45)33-25-21-27-23-26(33)24-28(22-25)34(27)44-47(5,6)37-31-15-11-19-51-41(31)42-32(16-12-20-52-42)38(37)48(44,7)8/h9-20,25-28H,21-24H2,1-8H3. The molecule has 0 amide bonds. The van der Waals surface area contributed by atoms with Gasteiger partial charge < -0.3 is 0 Å². The molecule has 12 rings (SSSR count). The monoisotopic (exact) mass is 680 g/mol. The molecule has 0 radical (unpaired) electrons. The second-order valence-electron chi connectivity index (χ2n) is 19.0. The Balaban J connectivity index is 1.09. The lowest BCUT2D eigenvalue weighted by Crippen LogP contribution is -2.46. The third kappa shape index (κ3) is 3.55. The van der Waals surface area contributed by atoms with Crippen LogP contribution in [0.15, 0.2) is 95.6 Å². The third-order valence-electron chi connectivity index (χ3n) is 14.9. The highest BCUT2D eigenvalue weighted by atomic mass is 14.8. The van der Waals surface area contributed by atoms with E-state index in [1.807, 2.05) is 35.9 Å². The van der Waals surface area contributed by atoms with E-state index in [9.17, 15) is 0 Å². The molecule has 52 heavy (non-hydrogen) atoms. The predicted molar refractivity (Wildman–Crippen MR) is 213 cm³/mol. The Morgan fingerprint density at radius 3 is 0.846 bits per heavy atom. The van der Waals surface area contributed by atoms with Crippen LogP contribution in [0.4, 0.5) is 0 Å². The Labute approximate surface area is 306 Å². The molecule has 6 aliphatic rings. The van der Waals surface area contributed by atoms with Crippen molar-refractivity contribution in [3.05, 3.63) is 118 Å². The minimum absolute atomic E-state index is 0.0859. The fourth-order valence-corrected chi connectivity index (χ4v) is 14.1. The minimum atomic E-state index is -0.0859. The van der Waals surface area contributed by atoms with Crippen LogP contribution in [0.25, 0.3) is 43.6 Å². The molecule has 2 aromatic carbocycles. The van der Waals surface area contributed by atoms with E-state index in [-0.39, 0.29) is 21.7 Å². The van der Waals surface area contributed by atoms with Crippen LogP contribution < -0.4 is 0 Å². The summed E-state index contributed by atoms with van der Waals surface area (Å²) < 4.78 is 0. The van der Waals surface area contributed by atoms with Crippen LogP contribution in [0.1, 0.15) is 103 Å². The van der Waals surface area contributed by atoms with Gasteiger partial charge in [-0.05, 0) is 95.9 Å². The van der Waals surface area contributed by atoms with Crippen molar-refractivity contribution in [3.63, 3.8) is 0 Å². The Bertz CT molecular complexity index is 2300. The summed E-state index contributed by atoms with van der Waals surface area (Å²) in [6, 6.07) is 17.7. The minimum Gasteiger partial charge on any atom is -0.254 e. The maximum atomic E-state index is 4.94. The summed E-state index contributed by atoms with van der Waals surface area (Å²) in [5.41, 5.74) is 16.8. The Morgan fingerprint density at radius 1 is 0.385 bits per heavy atom. The molecule has 4 heteroatoms. The maximum absolute atomic E-state index is 4.94. The van der Waals surface area contributed by atoms with Crippen LogP contribution >= 0.6 is 0 Å². The van der Waals surface area contributed by atoms with Gasteiger partial charge in [-0.2, -0.15) is 0 Å². The second kappa shape index (κ2) is 9.75. The van der Waals surface area contributed by atoms with E-state index in [1.54, 1.807) is 11.1 Å². The first kappa shape index (κ1) is 31.1. The van der Waals surface area contributed by atoms with Gasteiger partial charge in [-0.25, -0.2) is 0 Å². The number of hydrogen-bond donors (Lipinski definition) is 0. The zero-order valence-electron chi connectivity index (χ0n) is 31.9. The topological polar surface area (TPSA) is 51.6 Å². The largest absolute Gasteiger partial charge is 0.254 e. The van der Waals surface area contributed by atoms with Crippen molar-refractivity contribution >= 4 is 43.6 Å². The normalized spacial score (nSPS) is 27.4. The van der Waals surface area contributed by atoms with Crippen molar-refractivity contribution in [2.24, 2.45) is 23.7 Å². The summed E-state index contributed by atoms with van der Waals surface area (Å²) in [6.45, 7) is 20.2. The zero-order chi connectivity index (χ0) is 35.7. The molecular formula is C48H48N4. The lowest BCUT2D eigenvalue weighted by molar-refractivity contribution is 0.120. The number of allylic oxidation sites excluding steroid dienone is 4. The van der Waals surface area contributed by atoms with E-state index in [4.69, 9.17) is 19.9 Å². The molecule has 4 aromatic heterocycles. The Kier molecular flexibility index (Phi) is 5.83. The number of pyridine rings is 4. The van der Waals surface area contributed by atoms with Crippen molar-refractivity contribution in [1.29, 1.82) is 0 Å². The van der Waals surface area contributed by atoms with E-state index in [0.717, 1.165) is 22.1 Å². The molecule has 6 aliphatic carbocycles. The molecule has 0 spiro atoms. The van der Waals surface area contributed by atoms with Crippen molar-refractivity contribution in [3.8, 4) is 0 Å². The first-order chi connectivity index (χ1) is 24.8. The van der Waals surface area contributed by atoms with Gasteiger partial charge in [0.05, 0.1) is 22.1 Å². The number of rotatable bonds is 0. The lowest BCUT2D eigenvalue weighted by atomic mass is 9.48. The SMILES string of the molecule is CC1(C)C(=C2C3CC4CC2CC(C3)C4=C2C(C)(C)c3c(c4cccnc4c4ncccc34)C2(C)C)C(C)(C)c2c1c1cccnc1c1ncccc21. The summed E-state index contributed by atoms with van der Waals surface area (Å²) in [7, 11) is 0. The van der Waals surface area contributed by atoms with Crippen LogP contribution in [-0.4, -0.2) is 19.9 Å². The molecular weight excluding hydrogens is 633 g/mol. The fraction of sp³-hybridized carbons (Fsp3) is 0.417. The van der Waals surface area contributed by atoms with Crippen molar-refractivity contribution < 1.29 is 0 Å². The Hall–Kier alpha value is -4.44. The summed E-state index contributed by atoms with van der Waals surface area (Å²) in [6.07, 6.45) is 12.9. The predicted octanol–water partition coefficient (Wildman–Crippen LogP) is 11.4. The fourth-order valence-electron chi connectivity index (χ4n) is 14.1. The molecule has 4 nitrogen and oxygen atoms in total. The third-order valence-corrected chi connectivity index (χ3v) is 14.9. The number of fused-ring (bicyclic) bond motifs is 12. The molecule has 0 aliphatic heterocycles. The van der Waals surface area contributed by atoms with E-state index in [2.05, 4.69) is 104 Å². The Morgan fingerprint density at radius 2 is 0.615 bits per heavy atom. The van der Waals surface area contributed by atoms with Crippen molar-refractivity contribution in [2.75, 3.05) is 0 Å². The van der Waals surface area contributed by atoms with Crippen LogP contribution in [0.3, 0.4) is 0 Å². The van der Waals surface area contributed by atoms with Crippen LogP contribution in [-0.2, 0) is 21.7 Å². The molecule has 4 heterocycles. The van der Waals surface area contributed by atoms with Gasteiger partial charge in [0.15, 0.2) is 0 Å². The molecule has 0 N–H and O–H groups in total. The first-order valence-electron chi connectivity index (χ1n) is 19.7. The average Bonchev–Trinajstić information content (AvgIpc) is 3.40. The molecule has 0 saturated heterocycles. The number of benzene rings is 2. The van der Waals surface area contributed by atoms with E-state index in [1.165, 1.54) is 69.5 Å². The van der Waals surface area contributed by atoms with Gasteiger partial charge >= 0.3 is 0 Å². The number of nitrogens with zero attached hydrogens (tertiary/aromatic N) is 4. The van der Waals surface area contributed by atoms with Gasteiger partial charge in [0.1, 0.15) is 0 Å². The highest BCUT2D eigenvalue weighted by Gasteiger charge is 2.59. The van der Waals surface area contributed by atoms with Gasteiger partial charge in [0.2, 0.25) is 0 Å². The second-order valence-corrected chi connectivity index (χ2v) is 19.0. The summed E-state index contributed by atoms with van der Waals surface area (Å²) in [4.78, 5) is 19.8. The van der Waals surface area contributed by atoms with Gasteiger partial charge in [-0.3, -0.25) is 19.9 Å². The van der Waals surface area contributed by atoms with Gasteiger partial charge in [0.25, 0.3) is 0 Å². The maximum Gasteiger partial charge on any atom is 0.0967 e. The first-order valence-corrected chi connectivity index (χ1v) is 19.7. The van der Waals surface area contributed by atoms with E-state index < -0.39 is 0 Å². The van der Waals surface area contributed by atoms with E-state index >= 15 is 0 Å². The highest BCUT2D eigenvalue weighted by molar-refractivity contribution is 6.10. The quantitative estimate of drug-likeness (QED) is 0.118. The van der Waals surface area contributed by atoms with Gasteiger partial charge in [-0.1, -0.05) is 102 Å². The number of hydrogen-bond acceptors (Lipinski definition) is 4. The highest BCUT2D eigenvalue weighted by Crippen LogP contribution is 2.69. The molecule has 260 valence electrons. The zero-order valence-corrected chi connectivity index (χ0v) is 31.9. The average molecular weight is 681 g/mol. The van der Waals surface area contributed by atoms with Crippen LogP contribution in [0, 0.1) is 23.7 Å². The van der Waals surface area contributed by atoms with Crippen LogP contribution in [0.5, 0.6) is 0 Å². The number of aromatic nitrogens is 4. The molecule has 6 aromatic rings. The smallest absolute Gasteiger partial charge is 0.0967 e. The van der Waals surface area contributed by atoms with Crippen molar-refractivity contribution in [2.45, 2.75) is 103 Å². The van der Waals surface area contributed by atoms with E-state index in [0.29, 0.717) is 23.7 Å². The summed E-state index contributed by atoms with van der Waals surface area (Å²) >= 11 is 0. The van der Waals surface area contributed by atoms with Crippen LogP contribution in [0.2, 0.25) is 0 Å². The summed E-state index contributed by atoms with van der Waals surface area (Å²) in [5.74, 6) is 2.59. The molecule has 0 unspecified atom stereocenters. The molecule has 4 saturated carbocycles. The van der Waals surface area contributed by atoms with Gasteiger partial charge in [-0.15, -0.1) is 0 Å². The molecule has 0 atom stereocenters.